The number of nitrogens with one attached hydrogen (secondary N) is 2. The molecule has 1 aliphatic carbocycles. The lowest BCUT2D eigenvalue weighted by molar-refractivity contribution is -0.135. The molecule has 0 aromatic heterocycles. The molecule has 1 spiro atoms. The molecule has 3 rings (SSSR count). The van der Waals surface area contributed by atoms with Crippen molar-refractivity contribution in [2.75, 3.05) is 13.2 Å². The minimum Gasteiger partial charge on any atom is -0.375 e. The maximum atomic E-state index is 11.1. The van der Waals surface area contributed by atoms with Gasteiger partial charge in [-0.15, -0.1) is 0 Å². The molecule has 1 amide bonds. The van der Waals surface area contributed by atoms with Crippen LogP contribution >= 0.6 is 0 Å². The van der Waals surface area contributed by atoms with Crippen molar-refractivity contribution in [3.05, 3.63) is 0 Å². The van der Waals surface area contributed by atoms with E-state index < -0.39 is 0 Å². The standard InChI is InChI=1S/C13H22N2O2/c16-12-3-2-11(15-12)9-14-10-4-7-17-13(8-10)5-1-6-13/h10-11,14H,1-9H2,(H,15,16). The second-order valence-corrected chi connectivity index (χ2v) is 5.79. The largest absolute Gasteiger partial charge is 0.375 e. The molecule has 4 heteroatoms. The van der Waals surface area contributed by atoms with E-state index in [0.29, 0.717) is 18.5 Å². The molecule has 0 aromatic carbocycles. The van der Waals surface area contributed by atoms with E-state index in [1.54, 1.807) is 0 Å². The van der Waals surface area contributed by atoms with Gasteiger partial charge < -0.3 is 15.4 Å². The first-order valence-corrected chi connectivity index (χ1v) is 6.93. The smallest absolute Gasteiger partial charge is 0.220 e. The Bertz CT molecular complexity index is 302. The monoisotopic (exact) mass is 238 g/mol. The SMILES string of the molecule is O=C1CCC(CNC2CCOC3(CCC3)C2)N1. The zero-order chi connectivity index (χ0) is 11.7. The predicted octanol–water partition coefficient (Wildman–Crippen LogP) is 0.956. The van der Waals surface area contributed by atoms with Crippen LogP contribution < -0.4 is 10.6 Å². The van der Waals surface area contributed by atoms with Crippen LogP contribution in [-0.2, 0) is 9.53 Å². The maximum Gasteiger partial charge on any atom is 0.220 e. The summed E-state index contributed by atoms with van der Waals surface area (Å²) in [6, 6.07) is 0.934. The molecule has 0 aromatic rings. The van der Waals surface area contributed by atoms with E-state index in [1.165, 1.54) is 19.3 Å². The Kier molecular flexibility index (Phi) is 3.09. The molecule has 1 saturated carbocycles. The fourth-order valence-corrected chi connectivity index (χ4v) is 3.26. The number of hydrogen-bond acceptors (Lipinski definition) is 3. The summed E-state index contributed by atoms with van der Waals surface area (Å²) in [5.41, 5.74) is 0.217. The van der Waals surface area contributed by atoms with Gasteiger partial charge in [0.25, 0.3) is 0 Å². The van der Waals surface area contributed by atoms with E-state index in [9.17, 15) is 4.79 Å². The molecule has 3 fully saturated rings. The van der Waals surface area contributed by atoms with Crippen LogP contribution in [0.5, 0.6) is 0 Å². The van der Waals surface area contributed by atoms with E-state index in [-0.39, 0.29) is 11.5 Å². The van der Waals surface area contributed by atoms with Crippen LogP contribution in [0.4, 0.5) is 0 Å². The van der Waals surface area contributed by atoms with Gasteiger partial charge in [-0.3, -0.25) is 4.79 Å². The zero-order valence-electron chi connectivity index (χ0n) is 10.3. The third kappa shape index (κ3) is 2.47. The average molecular weight is 238 g/mol. The van der Waals surface area contributed by atoms with Crippen molar-refractivity contribution in [2.45, 2.75) is 62.6 Å². The highest BCUT2D eigenvalue weighted by Gasteiger charge is 2.42. The molecule has 96 valence electrons. The number of hydrogen-bond donors (Lipinski definition) is 2. The molecule has 3 aliphatic rings. The van der Waals surface area contributed by atoms with Crippen molar-refractivity contribution in [1.82, 2.24) is 10.6 Å². The maximum absolute atomic E-state index is 11.1. The molecule has 2 N–H and O–H groups in total. The fourth-order valence-electron chi connectivity index (χ4n) is 3.26. The molecule has 17 heavy (non-hydrogen) atoms. The molecule has 2 unspecified atom stereocenters. The van der Waals surface area contributed by atoms with E-state index >= 15 is 0 Å². The molecule has 2 saturated heterocycles. The second kappa shape index (κ2) is 4.58. The van der Waals surface area contributed by atoms with E-state index in [1.807, 2.05) is 0 Å². The quantitative estimate of drug-likeness (QED) is 0.770. The predicted molar refractivity (Wildman–Crippen MR) is 64.7 cm³/mol. The third-order valence-electron chi connectivity index (χ3n) is 4.50. The molecule has 2 atom stereocenters. The Labute approximate surface area is 102 Å². The number of amides is 1. The fraction of sp³-hybridized carbons (Fsp3) is 0.923. The number of ether oxygens (including phenoxy) is 1. The van der Waals surface area contributed by atoms with Crippen LogP contribution in [0.3, 0.4) is 0 Å². The second-order valence-electron chi connectivity index (χ2n) is 5.79. The summed E-state index contributed by atoms with van der Waals surface area (Å²) in [5.74, 6) is 0.208. The van der Waals surface area contributed by atoms with Crippen LogP contribution in [0.25, 0.3) is 0 Å². The topological polar surface area (TPSA) is 50.4 Å². The molecular formula is C13H22N2O2. The average Bonchev–Trinajstić information content (AvgIpc) is 2.71. The first-order chi connectivity index (χ1) is 8.26. The van der Waals surface area contributed by atoms with E-state index in [4.69, 9.17) is 4.74 Å². The number of carbonyl (C=O) groups is 1. The lowest BCUT2D eigenvalue weighted by atomic mass is 9.74. The van der Waals surface area contributed by atoms with Gasteiger partial charge in [-0.25, -0.2) is 0 Å². The van der Waals surface area contributed by atoms with Gasteiger partial charge in [-0.2, -0.15) is 0 Å². The molecule has 0 bridgehead atoms. The molecular weight excluding hydrogens is 216 g/mol. The van der Waals surface area contributed by atoms with Crippen LogP contribution in [0.15, 0.2) is 0 Å². The normalized spacial score (nSPS) is 35.6. The summed E-state index contributed by atoms with van der Waals surface area (Å²) in [4.78, 5) is 11.1. The van der Waals surface area contributed by atoms with E-state index in [0.717, 1.165) is 32.4 Å². The summed E-state index contributed by atoms with van der Waals surface area (Å²) >= 11 is 0. The summed E-state index contributed by atoms with van der Waals surface area (Å²) in [6.07, 6.45) is 7.77. The van der Waals surface area contributed by atoms with Crippen LogP contribution in [0.1, 0.15) is 44.9 Å². The minimum atomic E-state index is 0.208. The van der Waals surface area contributed by atoms with Gasteiger partial charge >= 0.3 is 0 Å². The van der Waals surface area contributed by atoms with Gasteiger partial charge in [0.1, 0.15) is 0 Å². The van der Waals surface area contributed by atoms with Crippen LogP contribution in [0, 0.1) is 0 Å². The first kappa shape index (κ1) is 11.5. The van der Waals surface area contributed by atoms with Crippen molar-refractivity contribution in [3.63, 3.8) is 0 Å². The Morgan fingerprint density at radius 3 is 2.94 bits per heavy atom. The van der Waals surface area contributed by atoms with Crippen molar-refractivity contribution >= 4 is 5.91 Å². The van der Waals surface area contributed by atoms with Crippen molar-refractivity contribution in [1.29, 1.82) is 0 Å². The van der Waals surface area contributed by atoms with Crippen LogP contribution in [0.2, 0.25) is 0 Å². The minimum absolute atomic E-state index is 0.208. The van der Waals surface area contributed by atoms with Gasteiger partial charge in [0, 0.05) is 31.7 Å². The summed E-state index contributed by atoms with van der Waals surface area (Å²) in [6.45, 7) is 1.82. The van der Waals surface area contributed by atoms with Gasteiger partial charge in [0.05, 0.1) is 5.60 Å². The van der Waals surface area contributed by atoms with Gasteiger partial charge in [-0.1, -0.05) is 0 Å². The van der Waals surface area contributed by atoms with Crippen molar-refractivity contribution in [3.8, 4) is 0 Å². The zero-order valence-corrected chi connectivity index (χ0v) is 10.3. The lowest BCUT2D eigenvalue weighted by Crippen LogP contribution is -2.52. The summed E-state index contributed by atoms with van der Waals surface area (Å²) in [5, 5.41) is 6.62. The van der Waals surface area contributed by atoms with Gasteiger partial charge in [0.15, 0.2) is 0 Å². The highest BCUT2D eigenvalue weighted by atomic mass is 16.5. The molecule has 0 radical (unpaired) electrons. The van der Waals surface area contributed by atoms with Crippen LogP contribution in [-0.4, -0.2) is 36.7 Å². The Morgan fingerprint density at radius 1 is 1.41 bits per heavy atom. The summed E-state index contributed by atoms with van der Waals surface area (Å²) < 4.78 is 5.91. The highest BCUT2D eigenvalue weighted by Crippen LogP contribution is 2.42. The Balaban J connectivity index is 1.44. The van der Waals surface area contributed by atoms with E-state index in [2.05, 4.69) is 10.6 Å². The lowest BCUT2D eigenvalue weighted by Gasteiger charge is -2.47. The van der Waals surface area contributed by atoms with Gasteiger partial charge in [0.2, 0.25) is 5.91 Å². The summed E-state index contributed by atoms with van der Waals surface area (Å²) in [7, 11) is 0. The van der Waals surface area contributed by atoms with Gasteiger partial charge in [-0.05, 0) is 38.5 Å². The van der Waals surface area contributed by atoms with Crippen molar-refractivity contribution in [2.24, 2.45) is 0 Å². The first-order valence-electron chi connectivity index (χ1n) is 6.93. The molecule has 4 nitrogen and oxygen atoms in total. The Hall–Kier alpha value is -0.610. The van der Waals surface area contributed by atoms with Crippen molar-refractivity contribution < 1.29 is 9.53 Å². The Morgan fingerprint density at radius 2 is 2.29 bits per heavy atom. The number of rotatable bonds is 3. The highest BCUT2D eigenvalue weighted by molar-refractivity contribution is 5.78. The number of carbonyl (C=O) groups excluding carboxylic acids is 1. The molecule has 2 heterocycles. The third-order valence-corrected chi connectivity index (χ3v) is 4.50. The molecule has 2 aliphatic heterocycles.